The standard InChI is InChI=1S/C20H18N4O2S/c1-14-7-2-5-10-17(14)24-13-21-22-20(24)27-12-6-11-23-18(25)15-8-3-4-9-16(15)19(23)26/h2-5,7-10,13H,6,11-12H2,1H3. The number of nitrogens with zero attached hydrogens (tertiary/aromatic N) is 4. The fraction of sp³-hybridized carbons (Fsp3) is 0.200. The summed E-state index contributed by atoms with van der Waals surface area (Å²) in [6.45, 7) is 2.45. The molecule has 0 saturated carbocycles. The lowest BCUT2D eigenvalue weighted by Crippen LogP contribution is -2.31. The van der Waals surface area contributed by atoms with Gasteiger partial charge in [-0.3, -0.25) is 19.1 Å². The topological polar surface area (TPSA) is 68.1 Å². The van der Waals surface area contributed by atoms with Crippen LogP contribution in [0.4, 0.5) is 0 Å². The molecule has 4 rings (SSSR count). The monoisotopic (exact) mass is 378 g/mol. The molecule has 0 atom stereocenters. The van der Waals surface area contributed by atoms with Gasteiger partial charge in [0.2, 0.25) is 0 Å². The Balaban J connectivity index is 1.37. The molecule has 0 aliphatic carbocycles. The van der Waals surface area contributed by atoms with Crippen molar-refractivity contribution >= 4 is 23.6 Å². The zero-order chi connectivity index (χ0) is 18.8. The van der Waals surface area contributed by atoms with Crippen LogP contribution < -0.4 is 0 Å². The van der Waals surface area contributed by atoms with E-state index >= 15 is 0 Å². The summed E-state index contributed by atoms with van der Waals surface area (Å²) in [6, 6.07) is 15.0. The highest BCUT2D eigenvalue weighted by atomic mass is 32.2. The first-order valence-electron chi connectivity index (χ1n) is 8.71. The average Bonchev–Trinajstić information content (AvgIpc) is 3.24. The Morgan fingerprint density at radius 1 is 0.963 bits per heavy atom. The molecule has 27 heavy (non-hydrogen) atoms. The molecule has 7 heteroatoms. The molecule has 2 aromatic carbocycles. The second-order valence-electron chi connectivity index (χ2n) is 6.28. The van der Waals surface area contributed by atoms with Gasteiger partial charge in [-0.25, -0.2) is 0 Å². The normalized spacial score (nSPS) is 13.3. The molecule has 1 aliphatic heterocycles. The molecule has 0 saturated heterocycles. The van der Waals surface area contributed by atoms with Crippen molar-refractivity contribution < 1.29 is 9.59 Å². The fourth-order valence-electron chi connectivity index (χ4n) is 3.15. The van der Waals surface area contributed by atoms with Crippen molar-refractivity contribution in [3.05, 3.63) is 71.5 Å². The molecule has 0 radical (unpaired) electrons. The number of fused-ring (bicyclic) bond motifs is 1. The summed E-state index contributed by atoms with van der Waals surface area (Å²) < 4.78 is 1.96. The minimum Gasteiger partial charge on any atom is -0.276 e. The molecule has 0 spiro atoms. The molecule has 0 bridgehead atoms. The first-order chi connectivity index (χ1) is 13.2. The predicted molar refractivity (Wildman–Crippen MR) is 103 cm³/mol. The van der Waals surface area contributed by atoms with E-state index in [-0.39, 0.29) is 11.8 Å². The Labute approximate surface area is 161 Å². The number of carbonyl (C=O) groups excluding carboxylic acids is 2. The van der Waals surface area contributed by atoms with Crippen molar-refractivity contribution in [2.45, 2.75) is 18.5 Å². The molecular formula is C20H18N4O2S. The minimum absolute atomic E-state index is 0.205. The van der Waals surface area contributed by atoms with Gasteiger partial charge in [0.05, 0.1) is 16.8 Å². The number of carbonyl (C=O) groups is 2. The summed E-state index contributed by atoms with van der Waals surface area (Å²) in [4.78, 5) is 26.1. The summed E-state index contributed by atoms with van der Waals surface area (Å²) in [5, 5.41) is 9.01. The number of benzene rings is 2. The van der Waals surface area contributed by atoms with Crippen LogP contribution in [-0.2, 0) is 0 Å². The fourth-order valence-corrected chi connectivity index (χ4v) is 4.00. The Kier molecular flexibility index (Phi) is 4.77. The maximum absolute atomic E-state index is 12.4. The van der Waals surface area contributed by atoms with Crippen LogP contribution in [0.2, 0.25) is 0 Å². The van der Waals surface area contributed by atoms with Gasteiger partial charge in [-0.15, -0.1) is 10.2 Å². The minimum atomic E-state index is -0.205. The number of aromatic nitrogens is 3. The van der Waals surface area contributed by atoms with Gasteiger partial charge in [-0.05, 0) is 37.1 Å². The van der Waals surface area contributed by atoms with Crippen molar-refractivity contribution in [1.29, 1.82) is 0 Å². The smallest absolute Gasteiger partial charge is 0.261 e. The second-order valence-corrected chi connectivity index (χ2v) is 7.34. The molecule has 6 nitrogen and oxygen atoms in total. The van der Waals surface area contributed by atoms with Crippen molar-refractivity contribution in [2.24, 2.45) is 0 Å². The maximum atomic E-state index is 12.4. The molecule has 0 unspecified atom stereocenters. The Morgan fingerprint density at radius 2 is 1.63 bits per heavy atom. The average molecular weight is 378 g/mol. The summed E-state index contributed by atoms with van der Waals surface area (Å²) in [5.41, 5.74) is 3.18. The highest BCUT2D eigenvalue weighted by molar-refractivity contribution is 7.99. The van der Waals surface area contributed by atoms with E-state index in [2.05, 4.69) is 10.2 Å². The first-order valence-corrected chi connectivity index (χ1v) is 9.69. The maximum Gasteiger partial charge on any atom is 0.261 e. The summed E-state index contributed by atoms with van der Waals surface area (Å²) in [6.07, 6.45) is 2.39. The van der Waals surface area contributed by atoms with Crippen LogP contribution in [0, 0.1) is 6.92 Å². The third-order valence-corrected chi connectivity index (χ3v) is 5.56. The van der Waals surface area contributed by atoms with E-state index in [4.69, 9.17) is 0 Å². The van der Waals surface area contributed by atoms with Gasteiger partial charge in [0.1, 0.15) is 6.33 Å². The van der Waals surface area contributed by atoms with Crippen molar-refractivity contribution in [1.82, 2.24) is 19.7 Å². The van der Waals surface area contributed by atoms with Crippen molar-refractivity contribution in [2.75, 3.05) is 12.3 Å². The van der Waals surface area contributed by atoms with E-state index in [1.54, 1.807) is 42.4 Å². The molecule has 2 amide bonds. The van der Waals surface area contributed by atoms with Gasteiger partial charge in [-0.2, -0.15) is 0 Å². The van der Waals surface area contributed by atoms with Crippen LogP contribution >= 0.6 is 11.8 Å². The molecule has 0 N–H and O–H groups in total. The summed E-state index contributed by atoms with van der Waals surface area (Å²) in [7, 11) is 0. The molecule has 2 heterocycles. The number of amides is 2. The second kappa shape index (κ2) is 7.36. The number of aryl methyl sites for hydroxylation is 1. The number of hydrogen-bond acceptors (Lipinski definition) is 5. The van der Waals surface area contributed by atoms with Gasteiger partial charge in [0, 0.05) is 12.3 Å². The molecule has 3 aromatic rings. The Bertz CT molecular complexity index is 979. The van der Waals surface area contributed by atoms with Crippen LogP contribution in [0.3, 0.4) is 0 Å². The van der Waals surface area contributed by atoms with E-state index in [0.717, 1.165) is 22.2 Å². The van der Waals surface area contributed by atoms with Gasteiger partial charge in [-0.1, -0.05) is 42.1 Å². The van der Waals surface area contributed by atoms with Crippen LogP contribution in [0.15, 0.2) is 60.0 Å². The van der Waals surface area contributed by atoms with Gasteiger partial charge in [0.25, 0.3) is 11.8 Å². The van der Waals surface area contributed by atoms with Crippen LogP contribution in [0.25, 0.3) is 5.69 Å². The third-order valence-electron chi connectivity index (χ3n) is 4.53. The van der Waals surface area contributed by atoms with E-state index in [1.807, 2.05) is 35.8 Å². The largest absolute Gasteiger partial charge is 0.276 e. The lowest BCUT2D eigenvalue weighted by molar-refractivity contribution is 0.0655. The molecule has 1 aliphatic rings. The number of thioether (sulfide) groups is 1. The number of rotatable bonds is 6. The van der Waals surface area contributed by atoms with Gasteiger partial charge >= 0.3 is 0 Å². The lowest BCUT2D eigenvalue weighted by Gasteiger charge is -2.13. The molecule has 0 fully saturated rings. The van der Waals surface area contributed by atoms with E-state index in [9.17, 15) is 9.59 Å². The Hall–Kier alpha value is -2.93. The van der Waals surface area contributed by atoms with Gasteiger partial charge < -0.3 is 0 Å². The van der Waals surface area contributed by atoms with E-state index < -0.39 is 0 Å². The number of imide groups is 1. The summed E-state index contributed by atoms with van der Waals surface area (Å²) in [5.74, 6) is 0.324. The van der Waals surface area contributed by atoms with Gasteiger partial charge in [0.15, 0.2) is 5.16 Å². The van der Waals surface area contributed by atoms with Crippen molar-refractivity contribution in [3.8, 4) is 5.69 Å². The summed E-state index contributed by atoms with van der Waals surface area (Å²) >= 11 is 1.57. The Morgan fingerprint density at radius 3 is 2.33 bits per heavy atom. The zero-order valence-electron chi connectivity index (χ0n) is 14.8. The quantitative estimate of drug-likeness (QED) is 0.374. The first kappa shape index (κ1) is 17.5. The van der Waals surface area contributed by atoms with Crippen LogP contribution in [0.1, 0.15) is 32.7 Å². The third kappa shape index (κ3) is 3.26. The van der Waals surface area contributed by atoms with Crippen LogP contribution in [0.5, 0.6) is 0 Å². The molecule has 1 aromatic heterocycles. The highest BCUT2D eigenvalue weighted by Crippen LogP contribution is 2.25. The SMILES string of the molecule is Cc1ccccc1-n1cnnc1SCCCN1C(=O)c2ccccc2C1=O. The van der Waals surface area contributed by atoms with E-state index in [0.29, 0.717) is 24.1 Å². The highest BCUT2D eigenvalue weighted by Gasteiger charge is 2.34. The van der Waals surface area contributed by atoms with E-state index in [1.165, 1.54) is 4.90 Å². The molecular weight excluding hydrogens is 360 g/mol. The number of para-hydroxylation sites is 1. The predicted octanol–water partition coefficient (Wildman–Crippen LogP) is 3.35. The zero-order valence-corrected chi connectivity index (χ0v) is 15.6. The van der Waals surface area contributed by atoms with Crippen LogP contribution in [-0.4, -0.2) is 43.8 Å². The lowest BCUT2D eigenvalue weighted by atomic mass is 10.1. The number of hydrogen-bond donors (Lipinski definition) is 0. The molecule has 136 valence electrons. The van der Waals surface area contributed by atoms with Crippen molar-refractivity contribution in [3.63, 3.8) is 0 Å².